The fourth-order valence-electron chi connectivity index (χ4n) is 0.733. The number of aliphatic hydroxyl groups excluding tert-OH is 1. The van der Waals surface area contributed by atoms with Crippen LogP contribution in [0.5, 0.6) is 0 Å². The number of carbonyl (C=O) groups excluding carboxylic acids is 1. The minimum Gasteiger partial charge on any atom is -0.396 e. The Morgan fingerprint density at radius 2 is 2.21 bits per heavy atom. The van der Waals surface area contributed by atoms with E-state index in [9.17, 15) is 13.6 Å². The summed E-state index contributed by atoms with van der Waals surface area (Å²) in [5, 5.41) is 10.9. The molecule has 4 nitrogen and oxygen atoms in total. The van der Waals surface area contributed by atoms with E-state index in [4.69, 9.17) is 5.11 Å². The zero-order valence-corrected chi connectivity index (χ0v) is 7.84. The van der Waals surface area contributed by atoms with Crippen molar-refractivity contribution < 1.29 is 23.4 Å². The molecule has 0 spiro atoms. The van der Waals surface area contributed by atoms with E-state index in [2.05, 4.69) is 10.1 Å². The highest BCUT2D eigenvalue weighted by Crippen LogP contribution is 1.93. The first-order chi connectivity index (χ1) is 6.66. The third-order valence-electron chi connectivity index (χ3n) is 1.37. The average Bonchev–Trinajstić information content (AvgIpc) is 2.13. The highest BCUT2D eigenvalue weighted by atomic mass is 19.3. The average molecular weight is 211 g/mol. The van der Waals surface area contributed by atoms with Crippen molar-refractivity contribution in [3.63, 3.8) is 0 Å². The second kappa shape index (κ2) is 8.83. The quantitative estimate of drug-likeness (QED) is 0.562. The van der Waals surface area contributed by atoms with Crippen LogP contribution in [0.15, 0.2) is 0 Å². The number of halogens is 2. The number of aliphatic hydroxyl groups is 1. The van der Waals surface area contributed by atoms with E-state index in [1.54, 1.807) is 0 Å². The first kappa shape index (κ1) is 13.2. The highest BCUT2D eigenvalue weighted by molar-refractivity contribution is 5.75. The van der Waals surface area contributed by atoms with Crippen LogP contribution in [-0.4, -0.2) is 43.8 Å². The molecular formula is C8H15F2NO3. The molecule has 0 aromatic carbocycles. The van der Waals surface area contributed by atoms with E-state index in [0.29, 0.717) is 13.0 Å². The van der Waals surface area contributed by atoms with Crippen LogP contribution in [0.4, 0.5) is 8.78 Å². The topological polar surface area (TPSA) is 58.6 Å². The van der Waals surface area contributed by atoms with Gasteiger partial charge < -0.3 is 15.2 Å². The molecule has 0 aliphatic rings. The Labute approximate surface area is 81.2 Å². The molecule has 0 bridgehead atoms. The molecule has 0 aliphatic carbocycles. The van der Waals surface area contributed by atoms with Crippen LogP contribution in [0.25, 0.3) is 0 Å². The highest BCUT2D eigenvalue weighted by Gasteiger charge is 2.03. The minimum absolute atomic E-state index is 0.00466. The summed E-state index contributed by atoms with van der Waals surface area (Å²) in [5.74, 6) is -0.257. The molecule has 6 heteroatoms. The predicted molar refractivity (Wildman–Crippen MR) is 46.2 cm³/mol. The lowest BCUT2D eigenvalue weighted by Crippen LogP contribution is -2.26. The standard InChI is InChI=1S/C8H15F2NO3/c9-7(10)6-14-5-2-8(13)11-3-1-4-12/h7,12H,1-6H2,(H,11,13). The van der Waals surface area contributed by atoms with E-state index in [0.717, 1.165) is 0 Å². The second-order valence-corrected chi connectivity index (χ2v) is 2.64. The predicted octanol–water partition coefficient (Wildman–Crippen LogP) is 0.157. The molecule has 1 amide bonds. The van der Waals surface area contributed by atoms with E-state index in [1.165, 1.54) is 0 Å². The summed E-state index contributed by atoms with van der Waals surface area (Å²) in [4.78, 5) is 10.9. The van der Waals surface area contributed by atoms with Gasteiger partial charge in [-0.25, -0.2) is 8.78 Å². The molecule has 0 aliphatic heterocycles. The lowest BCUT2D eigenvalue weighted by molar-refractivity contribution is -0.122. The Balaban J connectivity index is 3.18. The summed E-state index contributed by atoms with van der Waals surface area (Å²) >= 11 is 0. The number of hydrogen-bond donors (Lipinski definition) is 2. The van der Waals surface area contributed by atoms with Gasteiger partial charge in [0.05, 0.1) is 6.61 Å². The van der Waals surface area contributed by atoms with Crippen molar-refractivity contribution in [3.8, 4) is 0 Å². The summed E-state index contributed by atoms with van der Waals surface area (Å²) in [6.07, 6.45) is -1.94. The van der Waals surface area contributed by atoms with Gasteiger partial charge in [-0.1, -0.05) is 0 Å². The lowest BCUT2D eigenvalue weighted by Gasteiger charge is -2.04. The van der Waals surface area contributed by atoms with Gasteiger partial charge in [-0.05, 0) is 6.42 Å². The Kier molecular flexibility index (Phi) is 8.36. The maximum absolute atomic E-state index is 11.6. The van der Waals surface area contributed by atoms with E-state index < -0.39 is 13.0 Å². The molecule has 0 rings (SSSR count). The summed E-state index contributed by atoms with van der Waals surface area (Å²) in [7, 11) is 0. The van der Waals surface area contributed by atoms with Crippen molar-refractivity contribution in [2.45, 2.75) is 19.3 Å². The number of hydrogen-bond acceptors (Lipinski definition) is 3. The number of amides is 1. The molecule has 0 atom stereocenters. The molecule has 0 saturated carbocycles. The van der Waals surface area contributed by atoms with Crippen LogP contribution < -0.4 is 5.32 Å². The van der Waals surface area contributed by atoms with Crippen molar-refractivity contribution in [1.29, 1.82) is 0 Å². The molecule has 0 radical (unpaired) electrons. The largest absolute Gasteiger partial charge is 0.396 e. The number of ether oxygens (including phenoxy) is 1. The van der Waals surface area contributed by atoms with E-state index in [-0.39, 0.29) is 25.5 Å². The van der Waals surface area contributed by atoms with Crippen LogP contribution in [-0.2, 0) is 9.53 Å². The van der Waals surface area contributed by atoms with Crippen LogP contribution in [0.3, 0.4) is 0 Å². The third kappa shape index (κ3) is 9.34. The normalized spacial score (nSPS) is 10.6. The van der Waals surface area contributed by atoms with Gasteiger partial charge in [0.15, 0.2) is 0 Å². The molecule has 0 aromatic heterocycles. The molecule has 0 aromatic rings. The molecule has 0 heterocycles. The number of carbonyl (C=O) groups is 1. The molecule has 0 saturated heterocycles. The zero-order chi connectivity index (χ0) is 10.8. The maximum atomic E-state index is 11.6. The SMILES string of the molecule is O=C(CCOCC(F)F)NCCCO. The zero-order valence-electron chi connectivity index (χ0n) is 7.84. The maximum Gasteiger partial charge on any atom is 0.261 e. The summed E-state index contributed by atoms with van der Waals surface area (Å²) in [6, 6.07) is 0. The summed E-state index contributed by atoms with van der Waals surface area (Å²) < 4.78 is 27.6. The van der Waals surface area contributed by atoms with Crippen molar-refractivity contribution in [2.24, 2.45) is 0 Å². The first-order valence-corrected chi connectivity index (χ1v) is 4.40. The van der Waals surface area contributed by atoms with Crippen molar-refractivity contribution in [2.75, 3.05) is 26.4 Å². The molecule has 2 N–H and O–H groups in total. The van der Waals surface area contributed by atoms with Gasteiger partial charge in [0.1, 0.15) is 6.61 Å². The minimum atomic E-state index is -2.49. The number of alkyl halides is 2. The Morgan fingerprint density at radius 1 is 1.50 bits per heavy atom. The summed E-state index contributed by atoms with van der Waals surface area (Å²) in [6.45, 7) is -0.231. The van der Waals surface area contributed by atoms with Crippen LogP contribution in [0, 0.1) is 0 Å². The van der Waals surface area contributed by atoms with Crippen LogP contribution in [0.1, 0.15) is 12.8 Å². The summed E-state index contributed by atoms with van der Waals surface area (Å²) in [5.41, 5.74) is 0. The van der Waals surface area contributed by atoms with Gasteiger partial charge in [-0.15, -0.1) is 0 Å². The Morgan fingerprint density at radius 3 is 2.79 bits per heavy atom. The molecule has 0 unspecified atom stereocenters. The van der Waals surface area contributed by atoms with Crippen molar-refractivity contribution >= 4 is 5.91 Å². The van der Waals surface area contributed by atoms with Gasteiger partial charge >= 0.3 is 0 Å². The molecular weight excluding hydrogens is 196 g/mol. The number of nitrogens with one attached hydrogen (secondary N) is 1. The lowest BCUT2D eigenvalue weighted by atomic mass is 10.4. The van der Waals surface area contributed by atoms with Crippen molar-refractivity contribution in [1.82, 2.24) is 5.32 Å². The Hall–Kier alpha value is -0.750. The van der Waals surface area contributed by atoms with Gasteiger partial charge in [-0.2, -0.15) is 0 Å². The molecule has 84 valence electrons. The van der Waals surface area contributed by atoms with E-state index >= 15 is 0 Å². The van der Waals surface area contributed by atoms with Gasteiger partial charge in [0.25, 0.3) is 6.43 Å². The van der Waals surface area contributed by atoms with Gasteiger partial charge in [-0.3, -0.25) is 4.79 Å². The third-order valence-corrected chi connectivity index (χ3v) is 1.37. The molecule has 0 fully saturated rings. The van der Waals surface area contributed by atoms with Crippen molar-refractivity contribution in [3.05, 3.63) is 0 Å². The van der Waals surface area contributed by atoms with Gasteiger partial charge in [0, 0.05) is 19.6 Å². The first-order valence-electron chi connectivity index (χ1n) is 4.40. The Bertz CT molecular complexity index is 156. The number of rotatable bonds is 8. The monoisotopic (exact) mass is 211 g/mol. The smallest absolute Gasteiger partial charge is 0.261 e. The van der Waals surface area contributed by atoms with Crippen LogP contribution >= 0.6 is 0 Å². The second-order valence-electron chi connectivity index (χ2n) is 2.64. The van der Waals surface area contributed by atoms with E-state index in [1.807, 2.05) is 0 Å². The fraction of sp³-hybridized carbons (Fsp3) is 0.875. The van der Waals surface area contributed by atoms with Crippen LogP contribution in [0.2, 0.25) is 0 Å². The molecule has 14 heavy (non-hydrogen) atoms. The fourth-order valence-corrected chi connectivity index (χ4v) is 0.733. The van der Waals surface area contributed by atoms with Gasteiger partial charge in [0.2, 0.25) is 5.91 Å².